The predicted octanol–water partition coefficient (Wildman–Crippen LogP) is 0.565. The van der Waals surface area contributed by atoms with Gasteiger partial charge in [0.1, 0.15) is 0 Å². The number of aryl methyl sites for hydroxylation is 2. The van der Waals surface area contributed by atoms with Gasteiger partial charge in [0.05, 0.1) is 11.4 Å². The average molecular weight is 125 g/mol. The Bertz CT molecular complexity index is 202. The van der Waals surface area contributed by atoms with E-state index < -0.39 is 0 Å². The monoisotopic (exact) mass is 125 g/mol. The lowest BCUT2D eigenvalue weighted by Gasteiger charge is -1.86. The van der Waals surface area contributed by atoms with Crippen molar-refractivity contribution in [3.8, 4) is 0 Å². The normalized spacial score (nSPS) is 10.0. The summed E-state index contributed by atoms with van der Waals surface area (Å²) in [5, 5.41) is 4.12. The number of anilines is 1. The molecule has 1 rings (SSSR count). The Hall–Kier alpha value is -0.990. The minimum absolute atomic E-state index is 0.792. The van der Waals surface area contributed by atoms with Gasteiger partial charge in [-0.25, -0.2) is 0 Å². The molecule has 0 atom stereocenters. The van der Waals surface area contributed by atoms with Crippen molar-refractivity contribution in [2.24, 2.45) is 7.05 Å². The number of nitrogen functional groups attached to an aromatic ring is 1. The van der Waals surface area contributed by atoms with Crippen LogP contribution in [0.1, 0.15) is 12.6 Å². The molecule has 0 bridgehead atoms. The Morgan fingerprint density at radius 1 is 1.78 bits per heavy atom. The lowest BCUT2D eigenvalue weighted by atomic mass is 10.3. The zero-order chi connectivity index (χ0) is 6.85. The maximum atomic E-state index is 5.57. The van der Waals surface area contributed by atoms with Gasteiger partial charge in [-0.05, 0) is 6.42 Å². The Morgan fingerprint density at radius 2 is 2.44 bits per heavy atom. The van der Waals surface area contributed by atoms with Crippen LogP contribution in [0.2, 0.25) is 0 Å². The van der Waals surface area contributed by atoms with Crippen molar-refractivity contribution in [3.05, 3.63) is 11.9 Å². The molecule has 0 saturated heterocycles. The quantitative estimate of drug-likeness (QED) is 0.596. The highest BCUT2D eigenvalue weighted by Gasteiger charge is 1.98. The van der Waals surface area contributed by atoms with Crippen molar-refractivity contribution in [1.29, 1.82) is 0 Å². The van der Waals surface area contributed by atoms with Crippen LogP contribution in [0.25, 0.3) is 0 Å². The van der Waals surface area contributed by atoms with E-state index in [1.54, 1.807) is 4.68 Å². The summed E-state index contributed by atoms with van der Waals surface area (Å²) in [4.78, 5) is 0. The molecule has 0 aliphatic carbocycles. The van der Waals surface area contributed by atoms with Gasteiger partial charge in [-0.3, -0.25) is 4.68 Å². The Kier molecular flexibility index (Phi) is 1.42. The molecule has 1 aromatic rings. The van der Waals surface area contributed by atoms with Crippen LogP contribution in [0.5, 0.6) is 0 Å². The molecule has 0 aromatic carbocycles. The molecule has 0 amide bonds. The van der Waals surface area contributed by atoms with Crippen LogP contribution >= 0.6 is 0 Å². The van der Waals surface area contributed by atoms with E-state index in [0.29, 0.717) is 0 Å². The molecular formula is C6H11N3. The third-order valence-corrected chi connectivity index (χ3v) is 1.27. The minimum Gasteiger partial charge on any atom is -0.396 e. The van der Waals surface area contributed by atoms with Crippen molar-refractivity contribution < 1.29 is 0 Å². The van der Waals surface area contributed by atoms with Crippen molar-refractivity contribution in [1.82, 2.24) is 9.78 Å². The van der Waals surface area contributed by atoms with Gasteiger partial charge in [-0.15, -0.1) is 0 Å². The van der Waals surface area contributed by atoms with E-state index in [-0.39, 0.29) is 0 Å². The topological polar surface area (TPSA) is 43.8 Å². The summed E-state index contributed by atoms with van der Waals surface area (Å²) in [5.41, 5.74) is 7.34. The molecule has 3 nitrogen and oxygen atoms in total. The second-order valence-electron chi connectivity index (χ2n) is 2.06. The standard InChI is InChI=1S/C6H11N3/c1-3-6-5(7)4-9(2)8-6/h4H,3,7H2,1-2H3. The van der Waals surface area contributed by atoms with Crippen LogP contribution in [0.4, 0.5) is 5.69 Å². The number of nitrogens with two attached hydrogens (primary N) is 1. The van der Waals surface area contributed by atoms with E-state index in [1.165, 1.54) is 0 Å². The first kappa shape index (κ1) is 6.13. The summed E-state index contributed by atoms with van der Waals surface area (Å²) in [6.45, 7) is 2.04. The summed E-state index contributed by atoms with van der Waals surface area (Å²) < 4.78 is 1.73. The van der Waals surface area contributed by atoms with Crippen molar-refractivity contribution in [2.75, 3.05) is 5.73 Å². The molecule has 0 radical (unpaired) electrons. The fourth-order valence-electron chi connectivity index (χ4n) is 0.828. The van der Waals surface area contributed by atoms with E-state index in [0.717, 1.165) is 17.8 Å². The van der Waals surface area contributed by atoms with Crippen molar-refractivity contribution in [2.45, 2.75) is 13.3 Å². The van der Waals surface area contributed by atoms with Crippen LogP contribution in [-0.4, -0.2) is 9.78 Å². The number of aromatic nitrogens is 2. The van der Waals surface area contributed by atoms with Gasteiger partial charge in [0.25, 0.3) is 0 Å². The van der Waals surface area contributed by atoms with Crippen LogP contribution in [0.3, 0.4) is 0 Å². The highest BCUT2D eigenvalue weighted by molar-refractivity contribution is 5.40. The third kappa shape index (κ3) is 1.04. The van der Waals surface area contributed by atoms with Crippen LogP contribution in [-0.2, 0) is 13.5 Å². The molecule has 0 saturated carbocycles. The fraction of sp³-hybridized carbons (Fsp3) is 0.500. The van der Waals surface area contributed by atoms with Crippen LogP contribution < -0.4 is 5.73 Å². The largest absolute Gasteiger partial charge is 0.396 e. The molecule has 0 fully saturated rings. The predicted molar refractivity (Wildman–Crippen MR) is 37.0 cm³/mol. The zero-order valence-electron chi connectivity index (χ0n) is 5.76. The lowest BCUT2D eigenvalue weighted by molar-refractivity contribution is 0.746. The Morgan fingerprint density at radius 3 is 2.67 bits per heavy atom. The number of hydrogen-bond donors (Lipinski definition) is 1. The number of rotatable bonds is 1. The summed E-state index contributed by atoms with van der Waals surface area (Å²) in [6.07, 6.45) is 2.73. The van der Waals surface area contributed by atoms with Gasteiger partial charge in [0, 0.05) is 13.2 Å². The van der Waals surface area contributed by atoms with E-state index >= 15 is 0 Å². The molecular weight excluding hydrogens is 114 g/mol. The first-order valence-electron chi connectivity index (χ1n) is 3.02. The van der Waals surface area contributed by atoms with E-state index in [1.807, 2.05) is 20.2 Å². The molecule has 9 heavy (non-hydrogen) atoms. The molecule has 0 aliphatic rings. The summed E-state index contributed by atoms with van der Waals surface area (Å²) in [6, 6.07) is 0. The molecule has 2 N–H and O–H groups in total. The second kappa shape index (κ2) is 2.09. The summed E-state index contributed by atoms with van der Waals surface area (Å²) >= 11 is 0. The average Bonchev–Trinajstić information content (AvgIpc) is 2.10. The van der Waals surface area contributed by atoms with E-state index in [2.05, 4.69) is 5.10 Å². The maximum Gasteiger partial charge on any atom is 0.0850 e. The summed E-state index contributed by atoms with van der Waals surface area (Å²) in [5.74, 6) is 0. The lowest BCUT2D eigenvalue weighted by Crippen LogP contribution is -1.90. The van der Waals surface area contributed by atoms with Gasteiger partial charge < -0.3 is 5.73 Å². The van der Waals surface area contributed by atoms with E-state index in [4.69, 9.17) is 5.73 Å². The number of hydrogen-bond acceptors (Lipinski definition) is 2. The molecule has 1 aromatic heterocycles. The smallest absolute Gasteiger partial charge is 0.0850 e. The maximum absolute atomic E-state index is 5.57. The number of nitrogens with zero attached hydrogens (tertiary/aromatic N) is 2. The fourth-order valence-corrected chi connectivity index (χ4v) is 0.828. The SMILES string of the molecule is CCc1nn(C)cc1N. The van der Waals surface area contributed by atoms with Gasteiger partial charge >= 0.3 is 0 Å². The third-order valence-electron chi connectivity index (χ3n) is 1.27. The summed E-state index contributed by atoms with van der Waals surface area (Å²) in [7, 11) is 1.87. The van der Waals surface area contributed by atoms with Gasteiger partial charge in [-0.1, -0.05) is 6.92 Å². The van der Waals surface area contributed by atoms with Gasteiger partial charge in [-0.2, -0.15) is 5.10 Å². The first-order chi connectivity index (χ1) is 4.24. The molecule has 0 unspecified atom stereocenters. The van der Waals surface area contributed by atoms with Gasteiger partial charge in [0.2, 0.25) is 0 Å². The Labute approximate surface area is 54.5 Å². The highest BCUT2D eigenvalue weighted by Crippen LogP contribution is 2.07. The molecule has 1 heterocycles. The first-order valence-corrected chi connectivity index (χ1v) is 3.02. The molecule has 50 valence electrons. The van der Waals surface area contributed by atoms with Gasteiger partial charge in [0.15, 0.2) is 0 Å². The molecule has 0 spiro atoms. The van der Waals surface area contributed by atoms with Crippen LogP contribution in [0.15, 0.2) is 6.20 Å². The van der Waals surface area contributed by atoms with Crippen molar-refractivity contribution in [3.63, 3.8) is 0 Å². The molecule has 0 aliphatic heterocycles. The van der Waals surface area contributed by atoms with Crippen LogP contribution in [0, 0.1) is 0 Å². The highest BCUT2D eigenvalue weighted by atomic mass is 15.3. The van der Waals surface area contributed by atoms with Crippen molar-refractivity contribution >= 4 is 5.69 Å². The molecule has 3 heteroatoms. The van der Waals surface area contributed by atoms with E-state index in [9.17, 15) is 0 Å². The zero-order valence-corrected chi connectivity index (χ0v) is 5.76. The Balaban J connectivity index is 3.01. The minimum atomic E-state index is 0.792. The second-order valence-corrected chi connectivity index (χ2v) is 2.06.